The van der Waals surface area contributed by atoms with Crippen molar-refractivity contribution >= 4 is 15.9 Å². The lowest BCUT2D eigenvalue weighted by Crippen LogP contribution is -2.04. The second kappa shape index (κ2) is 6.07. The van der Waals surface area contributed by atoms with Crippen LogP contribution in [-0.4, -0.2) is 19.0 Å². The minimum absolute atomic E-state index is 0.0578. The lowest BCUT2D eigenvalue weighted by Gasteiger charge is -2.11. The van der Waals surface area contributed by atoms with Crippen molar-refractivity contribution < 1.29 is 14.6 Å². The quantitative estimate of drug-likeness (QED) is 0.797. The van der Waals surface area contributed by atoms with E-state index in [2.05, 4.69) is 15.9 Å². The van der Waals surface area contributed by atoms with Gasteiger partial charge in [-0.1, -0.05) is 15.9 Å². The Kier molecular flexibility index (Phi) is 5.04. The van der Waals surface area contributed by atoms with E-state index in [-0.39, 0.29) is 13.4 Å². The SMILES string of the molecule is COCOc1cc(CN)c(Br)c(CO)c1. The molecule has 3 N–H and O–H groups in total. The Morgan fingerprint density at radius 2 is 2.07 bits per heavy atom. The molecule has 15 heavy (non-hydrogen) atoms. The first-order chi connectivity index (χ1) is 7.22. The number of benzene rings is 1. The zero-order valence-electron chi connectivity index (χ0n) is 8.50. The van der Waals surface area contributed by atoms with Crippen LogP contribution < -0.4 is 10.5 Å². The predicted octanol–water partition coefficient (Wildman–Crippen LogP) is 1.38. The summed E-state index contributed by atoms with van der Waals surface area (Å²) in [6.07, 6.45) is 0. The molecule has 0 heterocycles. The Labute approximate surface area is 97.1 Å². The van der Waals surface area contributed by atoms with Gasteiger partial charge in [0.05, 0.1) is 6.61 Å². The summed E-state index contributed by atoms with van der Waals surface area (Å²) < 4.78 is 10.9. The average molecular weight is 276 g/mol. The Morgan fingerprint density at radius 3 is 2.60 bits per heavy atom. The monoisotopic (exact) mass is 275 g/mol. The molecule has 4 nitrogen and oxygen atoms in total. The molecule has 1 aromatic rings. The summed E-state index contributed by atoms with van der Waals surface area (Å²) in [5.41, 5.74) is 7.22. The fourth-order valence-electron chi connectivity index (χ4n) is 1.19. The largest absolute Gasteiger partial charge is 0.468 e. The maximum Gasteiger partial charge on any atom is 0.188 e. The third-order valence-electron chi connectivity index (χ3n) is 1.93. The highest BCUT2D eigenvalue weighted by Crippen LogP contribution is 2.27. The van der Waals surface area contributed by atoms with Crippen molar-refractivity contribution in [2.24, 2.45) is 5.73 Å². The van der Waals surface area contributed by atoms with Gasteiger partial charge in [0.2, 0.25) is 0 Å². The topological polar surface area (TPSA) is 64.7 Å². The molecule has 5 heteroatoms. The number of rotatable bonds is 5. The zero-order chi connectivity index (χ0) is 11.3. The fraction of sp³-hybridized carbons (Fsp3) is 0.400. The number of ether oxygens (including phenoxy) is 2. The molecule has 1 aromatic carbocycles. The van der Waals surface area contributed by atoms with Gasteiger partial charge in [0.15, 0.2) is 6.79 Å². The van der Waals surface area contributed by atoms with E-state index in [1.165, 1.54) is 0 Å². The van der Waals surface area contributed by atoms with Crippen molar-refractivity contribution in [1.82, 2.24) is 0 Å². The van der Waals surface area contributed by atoms with Crippen molar-refractivity contribution in [1.29, 1.82) is 0 Å². The highest BCUT2D eigenvalue weighted by molar-refractivity contribution is 9.10. The van der Waals surface area contributed by atoms with Gasteiger partial charge in [-0.15, -0.1) is 0 Å². The first kappa shape index (κ1) is 12.4. The van der Waals surface area contributed by atoms with Gasteiger partial charge in [-0.05, 0) is 23.3 Å². The average Bonchev–Trinajstić information content (AvgIpc) is 2.27. The molecule has 0 atom stereocenters. The van der Waals surface area contributed by atoms with E-state index in [9.17, 15) is 0 Å². The minimum Gasteiger partial charge on any atom is -0.468 e. The van der Waals surface area contributed by atoms with Crippen molar-refractivity contribution in [3.05, 3.63) is 27.7 Å². The van der Waals surface area contributed by atoms with E-state index in [4.69, 9.17) is 20.3 Å². The Morgan fingerprint density at radius 1 is 1.40 bits per heavy atom. The van der Waals surface area contributed by atoms with Crippen LogP contribution in [0.5, 0.6) is 5.75 Å². The summed E-state index contributed by atoms with van der Waals surface area (Å²) in [5, 5.41) is 9.13. The normalized spacial score (nSPS) is 10.4. The van der Waals surface area contributed by atoms with E-state index in [0.29, 0.717) is 12.3 Å². The van der Waals surface area contributed by atoms with Gasteiger partial charge < -0.3 is 20.3 Å². The number of methoxy groups -OCH3 is 1. The van der Waals surface area contributed by atoms with Gasteiger partial charge in [-0.3, -0.25) is 0 Å². The summed E-state index contributed by atoms with van der Waals surface area (Å²) in [6.45, 7) is 0.506. The number of aliphatic hydroxyl groups is 1. The zero-order valence-corrected chi connectivity index (χ0v) is 10.1. The Bertz CT molecular complexity index is 305. The summed E-state index contributed by atoms with van der Waals surface area (Å²) >= 11 is 3.38. The molecular formula is C10H14BrNO3. The Hall–Kier alpha value is -0.620. The van der Waals surface area contributed by atoms with Crippen LogP contribution in [-0.2, 0) is 17.9 Å². The molecule has 0 bridgehead atoms. The number of halogens is 1. The summed E-state index contributed by atoms with van der Waals surface area (Å²) in [6, 6.07) is 3.57. The molecule has 0 radical (unpaired) electrons. The molecule has 0 fully saturated rings. The molecule has 0 aliphatic carbocycles. The smallest absolute Gasteiger partial charge is 0.188 e. The van der Waals surface area contributed by atoms with Crippen LogP contribution in [0.4, 0.5) is 0 Å². The third-order valence-corrected chi connectivity index (χ3v) is 2.95. The van der Waals surface area contributed by atoms with Crippen LogP contribution in [0.25, 0.3) is 0 Å². The molecule has 0 aromatic heterocycles. The highest BCUT2D eigenvalue weighted by Gasteiger charge is 2.07. The molecule has 84 valence electrons. The van der Waals surface area contributed by atoms with Crippen LogP contribution in [0.3, 0.4) is 0 Å². The molecule has 0 aliphatic rings. The van der Waals surface area contributed by atoms with Crippen LogP contribution in [0, 0.1) is 0 Å². The van der Waals surface area contributed by atoms with E-state index < -0.39 is 0 Å². The number of hydrogen-bond donors (Lipinski definition) is 2. The van der Waals surface area contributed by atoms with Crippen molar-refractivity contribution in [2.45, 2.75) is 13.2 Å². The van der Waals surface area contributed by atoms with Crippen molar-refractivity contribution in [3.63, 3.8) is 0 Å². The summed E-state index contributed by atoms with van der Waals surface area (Å²) in [5.74, 6) is 0.643. The van der Waals surface area contributed by atoms with E-state index >= 15 is 0 Å². The molecule has 0 amide bonds. The summed E-state index contributed by atoms with van der Waals surface area (Å²) in [7, 11) is 1.55. The van der Waals surface area contributed by atoms with Gasteiger partial charge >= 0.3 is 0 Å². The number of nitrogens with two attached hydrogens (primary N) is 1. The predicted molar refractivity (Wildman–Crippen MR) is 60.5 cm³/mol. The second-order valence-corrected chi connectivity index (χ2v) is 3.76. The van der Waals surface area contributed by atoms with Gasteiger partial charge in [0, 0.05) is 18.1 Å². The molecular weight excluding hydrogens is 262 g/mol. The van der Waals surface area contributed by atoms with Crippen molar-refractivity contribution in [2.75, 3.05) is 13.9 Å². The molecule has 1 rings (SSSR count). The van der Waals surface area contributed by atoms with Crippen molar-refractivity contribution in [3.8, 4) is 5.75 Å². The van der Waals surface area contributed by atoms with Crippen LogP contribution in [0.15, 0.2) is 16.6 Å². The first-order valence-electron chi connectivity index (χ1n) is 4.46. The van der Waals surface area contributed by atoms with E-state index in [1.807, 2.05) is 6.07 Å². The fourth-order valence-corrected chi connectivity index (χ4v) is 1.71. The number of aliphatic hydroxyl groups excluding tert-OH is 1. The van der Waals surface area contributed by atoms with Gasteiger partial charge in [0.1, 0.15) is 5.75 Å². The van der Waals surface area contributed by atoms with Crippen LogP contribution >= 0.6 is 15.9 Å². The number of hydrogen-bond acceptors (Lipinski definition) is 4. The Balaban J connectivity index is 2.98. The third kappa shape index (κ3) is 3.17. The minimum atomic E-state index is -0.0578. The lowest BCUT2D eigenvalue weighted by atomic mass is 10.1. The molecule has 0 saturated heterocycles. The van der Waals surface area contributed by atoms with Gasteiger partial charge in [-0.25, -0.2) is 0 Å². The molecule has 0 unspecified atom stereocenters. The second-order valence-electron chi connectivity index (χ2n) is 2.97. The maximum absolute atomic E-state index is 9.13. The van der Waals surface area contributed by atoms with E-state index in [0.717, 1.165) is 15.6 Å². The van der Waals surface area contributed by atoms with Gasteiger partial charge in [0.25, 0.3) is 0 Å². The molecule has 0 spiro atoms. The standard InChI is InChI=1S/C10H14BrNO3/c1-14-6-15-9-2-7(4-12)10(11)8(3-9)5-13/h2-3,13H,4-6,12H2,1H3. The molecule has 0 aliphatic heterocycles. The maximum atomic E-state index is 9.13. The van der Waals surface area contributed by atoms with Gasteiger partial charge in [-0.2, -0.15) is 0 Å². The first-order valence-corrected chi connectivity index (χ1v) is 5.26. The van der Waals surface area contributed by atoms with E-state index in [1.54, 1.807) is 13.2 Å². The summed E-state index contributed by atoms with van der Waals surface area (Å²) in [4.78, 5) is 0. The highest BCUT2D eigenvalue weighted by atomic mass is 79.9. The van der Waals surface area contributed by atoms with Crippen LogP contribution in [0.1, 0.15) is 11.1 Å². The lowest BCUT2D eigenvalue weighted by molar-refractivity contribution is 0.0509. The molecule has 0 saturated carbocycles. The van der Waals surface area contributed by atoms with Crippen LogP contribution in [0.2, 0.25) is 0 Å².